The molecular formula is C25H30N2O4. The summed E-state index contributed by atoms with van der Waals surface area (Å²) in [4.78, 5) is 30.0. The summed E-state index contributed by atoms with van der Waals surface area (Å²) in [7, 11) is 1.59. The zero-order valence-electron chi connectivity index (χ0n) is 18.0. The summed E-state index contributed by atoms with van der Waals surface area (Å²) in [5.41, 5.74) is 1.12. The Labute approximate surface area is 183 Å². The minimum atomic E-state index is -0.0360. The number of para-hydroxylation sites is 2. The summed E-state index contributed by atoms with van der Waals surface area (Å²) in [6.07, 6.45) is 4.14. The molecule has 31 heavy (non-hydrogen) atoms. The minimum Gasteiger partial charge on any atom is -0.493 e. The van der Waals surface area contributed by atoms with Crippen LogP contribution in [-0.2, 0) is 16.1 Å². The highest BCUT2D eigenvalue weighted by Crippen LogP contribution is 2.32. The standard InChI is InChI=1S/C25H30N2O4/c1-30-22-12-6-7-13-23(22)31-18-25(29)26-16-15-21-20(26)11-5-8-14-24(28)27(21)17-19-9-3-2-4-10-19/h2-4,6-7,9-10,12-13,20-21H,5,8,11,14-18H2,1H3/t20-,21+/m1/s1. The summed E-state index contributed by atoms with van der Waals surface area (Å²) in [6.45, 7) is 1.22. The van der Waals surface area contributed by atoms with Crippen molar-refractivity contribution in [3.8, 4) is 11.5 Å². The molecule has 2 aromatic carbocycles. The SMILES string of the molecule is COc1ccccc1OCC(=O)N1CC[C@H]2[C@H]1CCCCC(=O)N2Cc1ccccc1. The number of carbonyl (C=O) groups is 2. The second kappa shape index (κ2) is 9.86. The van der Waals surface area contributed by atoms with Crippen molar-refractivity contribution in [2.45, 2.75) is 50.7 Å². The molecule has 2 aliphatic rings. The maximum atomic E-state index is 13.1. The van der Waals surface area contributed by atoms with Gasteiger partial charge in [-0.1, -0.05) is 48.9 Å². The summed E-state index contributed by atoms with van der Waals surface area (Å²) in [5, 5.41) is 0. The van der Waals surface area contributed by atoms with Gasteiger partial charge in [-0.2, -0.15) is 0 Å². The molecule has 0 N–H and O–H groups in total. The summed E-state index contributed by atoms with van der Waals surface area (Å²) in [6, 6.07) is 17.5. The smallest absolute Gasteiger partial charge is 0.260 e. The molecule has 0 unspecified atom stereocenters. The quantitative estimate of drug-likeness (QED) is 0.713. The van der Waals surface area contributed by atoms with E-state index in [0.29, 0.717) is 31.0 Å². The van der Waals surface area contributed by atoms with Crippen LogP contribution in [0.1, 0.15) is 37.7 Å². The van der Waals surface area contributed by atoms with Crippen molar-refractivity contribution in [1.29, 1.82) is 0 Å². The Morgan fingerprint density at radius 2 is 1.71 bits per heavy atom. The third kappa shape index (κ3) is 4.84. The number of amides is 2. The molecule has 0 spiro atoms. The Kier molecular flexibility index (Phi) is 6.75. The van der Waals surface area contributed by atoms with E-state index in [9.17, 15) is 9.59 Å². The number of methoxy groups -OCH3 is 1. The number of nitrogens with zero attached hydrogens (tertiary/aromatic N) is 2. The first kappa shape index (κ1) is 21.2. The average molecular weight is 423 g/mol. The normalized spacial score (nSPS) is 21.3. The lowest BCUT2D eigenvalue weighted by Gasteiger charge is -2.37. The van der Waals surface area contributed by atoms with E-state index in [-0.39, 0.29) is 30.5 Å². The molecule has 2 heterocycles. The van der Waals surface area contributed by atoms with Gasteiger partial charge in [0.2, 0.25) is 5.91 Å². The van der Waals surface area contributed by atoms with Gasteiger partial charge in [-0.05, 0) is 37.0 Å². The van der Waals surface area contributed by atoms with Crippen LogP contribution in [0.3, 0.4) is 0 Å². The molecule has 0 bridgehead atoms. The molecule has 2 aliphatic heterocycles. The molecule has 6 nitrogen and oxygen atoms in total. The van der Waals surface area contributed by atoms with Crippen LogP contribution in [-0.4, -0.2) is 54.0 Å². The van der Waals surface area contributed by atoms with Gasteiger partial charge < -0.3 is 19.3 Å². The summed E-state index contributed by atoms with van der Waals surface area (Å²) in [5.74, 6) is 1.33. The third-order valence-corrected chi connectivity index (χ3v) is 6.31. The van der Waals surface area contributed by atoms with Crippen LogP contribution in [0, 0.1) is 0 Å². The van der Waals surface area contributed by atoms with Crippen molar-refractivity contribution in [3.05, 3.63) is 60.2 Å². The van der Waals surface area contributed by atoms with Crippen LogP contribution in [0.15, 0.2) is 54.6 Å². The van der Waals surface area contributed by atoms with Crippen molar-refractivity contribution >= 4 is 11.8 Å². The van der Waals surface area contributed by atoms with Crippen molar-refractivity contribution in [3.63, 3.8) is 0 Å². The Bertz CT molecular complexity index is 901. The zero-order chi connectivity index (χ0) is 21.6. The van der Waals surface area contributed by atoms with Gasteiger partial charge in [0.25, 0.3) is 5.91 Å². The highest BCUT2D eigenvalue weighted by molar-refractivity contribution is 5.80. The van der Waals surface area contributed by atoms with Gasteiger partial charge in [-0.15, -0.1) is 0 Å². The maximum absolute atomic E-state index is 13.1. The molecule has 2 fully saturated rings. The lowest BCUT2D eigenvalue weighted by Crippen LogP contribution is -2.50. The molecule has 0 aromatic heterocycles. The van der Waals surface area contributed by atoms with E-state index < -0.39 is 0 Å². The van der Waals surface area contributed by atoms with Crippen LogP contribution >= 0.6 is 0 Å². The number of ether oxygens (including phenoxy) is 2. The van der Waals surface area contributed by atoms with Gasteiger partial charge in [-0.3, -0.25) is 9.59 Å². The number of rotatable bonds is 6. The van der Waals surface area contributed by atoms with Gasteiger partial charge in [-0.25, -0.2) is 0 Å². The molecule has 2 aromatic rings. The first-order valence-corrected chi connectivity index (χ1v) is 11.1. The number of benzene rings is 2. The van der Waals surface area contributed by atoms with E-state index in [1.807, 2.05) is 46.2 Å². The van der Waals surface area contributed by atoms with Crippen LogP contribution < -0.4 is 9.47 Å². The van der Waals surface area contributed by atoms with Gasteiger partial charge in [0.15, 0.2) is 18.1 Å². The average Bonchev–Trinajstić information content (AvgIpc) is 3.21. The van der Waals surface area contributed by atoms with E-state index in [1.54, 1.807) is 13.2 Å². The third-order valence-electron chi connectivity index (χ3n) is 6.31. The van der Waals surface area contributed by atoms with E-state index in [2.05, 4.69) is 12.1 Å². The van der Waals surface area contributed by atoms with E-state index in [4.69, 9.17) is 9.47 Å². The molecule has 2 saturated heterocycles. The van der Waals surface area contributed by atoms with Crippen LogP contribution in [0.4, 0.5) is 0 Å². The molecular weight excluding hydrogens is 392 g/mol. The monoisotopic (exact) mass is 422 g/mol. The van der Waals surface area contributed by atoms with Crippen molar-refractivity contribution in [2.24, 2.45) is 0 Å². The predicted octanol–water partition coefficient (Wildman–Crippen LogP) is 3.65. The van der Waals surface area contributed by atoms with Gasteiger partial charge in [0.1, 0.15) is 0 Å². The van der Waals surface area contributed by atoms with Crippen molar-refractivity contribution in [1.82, 2.24) is 9.80 Å². The summed E-state index contributed by atoms with van der Waals surface area (Å²) < 4.78 is 11.1. The molecule has 164 valence electrons. The topological polar surface area (TPSA) is 59.1 Å². The van der Waals surface area contributed by atoms with Crippen LogP contribution in [0.5, 0.6) is 11.5 Å². The molecule has 0 radical (unpaired) electrons. The highest BCUT2D eigenvalue weighted by atomic mass is 16.5. The van der Waals surface area contributed by atoms with Crippen molar-refractivity contribution in [2.75, 3.05) is 20.3 Å². The van der Waals surface area contributed by atoms with E-state index in [0.717, 1.165) is 31.2 Å². The minimum absolute atomic E-state index is 0.0315. The second-order valence-electron chi connectivity index (χ2n) is 8.20. The van der Waals surface area contributed by atoms with Gasteiger partial charge >= 0.3 is 0 Å². The molecule has 2 amide bonds. The first-order valence-electron chi connectivity index (χ1n) is 11.1. The largest absolute Gasteiger partial charge is 0.493 e. The molecule has 6 heteroatoms. The fraction of sp³-hybridized carbons (Fsp3) is 0.440. The highest BCUT2D eigenvalue weighted by Gasteiger charge is 2.42. The Morgan fingerprint density at radius 1 is 0.968 bits per heavy atom. The lowest BCUT2D eigenvalue weighted by molar-refractivity contribution is -0.140. The number of likely N-dealkylation sites (tertiary alicyclic amines) is 2. The Balaban J connectivity index is 1.46. The molecule has 4 rings (SSSR count). The molecule has 2 atom stereocenters. The maximum Gasteiger partial charge on any atom is 0.260 e. The van der Waals surface area contributed by atoms with E-state index in [1.165, 1.54) is 0 Å². The Morgan fingerprint density at radius 3 is 2.48 bits per heavy atom. The fourth-order valence-electron chi connectivity index (χ4n) is 4.76. The van der Waals surface area contributed by atoms with Crippen molar-refractivity contribution < 1.29 is 19.1 Å². The first-order chi connectivity index (χ1) is 15.2. The second-order valence-corrected chi connectivity index (χ2v) is 8.20. The lowest BCUT2D eigenvalue weighted by atomic mass is 9.96. The van der Waals surface area contributed by atoms with E-state index >= 15 is 0 Å². The number of hydrogen-bond acceptors (Lipinski definition) is 4. The molecule has 0 saturated carbocycles. The fourth-order valence-corrected chi connectivity index (χ4v) is 4.76. The summed E-state index contributed by atoms with van der Waals surface area (Å²) >= 11 is 0. The van der Waals surface area contributed by atoms with Gasteiger partial charge in [0, 0.05) is 19.5 Å². The predicted molar refractivity (Wildman–Crippen MR) is 118 cm³/mol. The number of fused-ring (bicyclic) bond motifs is 1. The molecule has 0 aliphatic carbocycles. The number of carbonyl (C=O) groups excluding carboxylic acids is 2. The van der Waals surface area contributed by atoms with Gasteiger partial charge in [0.05, 0.1) is 19.2 Å². The van der Waals surface area contributed by atoms with Crippen LogP contribution in [0.2, 0.25) is 0 Å². The Hall–Kier alpha value is -3.02. The zero-order valence-corrected chi connectivity index (χ0v) is 18.0. The number of hydrogen-bond donors (Lipinski definition) is 0. The van der Waals surface area contributed by atoms with Crippen LogP contribution in [0.25, 0.3) is 0 Å².